The lowest BCUT2D eigenvalue weighted by Crippen LogP contribution is -2.34. The van der Waals surface area contributed by atoms with Crippen molar-refractivity contribution in [3.8, 4) is 11.5 Å². The predicted molar refractivity (Wildman–Crippen MR) is 136 cm³/mol. The zero-order valence-electron chi connectivity index (χ0n) is 20.5. The van der Waals surface area contributed by atoms with Gasteiger partial charge in [0, 0.05) is 21.7 Å². The Hall–Kier alpha value is -3.51. The Morgan fingerprint density at radius 3 is 2.40 bits per heavy atom. The Bertz CT molecular complexity index is 1370. The summed E-state index contributed by atoms with van der Waals surface area (Å²) in [6, 6.07) is 15.3. The first kappa shape index (κ1) is 23.2. The molecule has 35 heavy (non-hydrogen) atoms. The number of aryl methyl sites for hydroxylation is 1. The van der Waals surface area contributed by atoms with Gasteiger partial charge in [0.1, 0.15) is 28.4 Å². The lowest BCUT2D eigenvalue weighted by molar-refractivity contribution is 0.0526. The summed E-state index contributed by atoms with van der Waals surface area (Å²) in [6.45, 7) is 5.63. The van der Waals surface area contributed by atoms with Crippen LogP contribution < -0.4 is 4.74 Å². The molecule has 0 unspecified atom stereocenters. The first-order valence-electron chi connectivity index (χ1n) is 12.3. The maximum atomic E-state index is 13.2. The normalized spacial score (nSPS) is 15.4. The second kappa shape index (κ2) is 9.62. The van der Waals surface area contributed by atoms with Crippen molar-refractivity contribution in [2.45, 2.75) is 39.2 Å². The zero-order valence-corrected chi connectivity index (χ0v) is 20.5. The highest BCUT2D eigenvalue weighted by Gasteiger charge is 2.34. The van der Waals surface area contributed by atoms with Gasteiger partial charge in [0.2, 0.25) is 0 Å². The Morgan fingerprint density at radius 2 is 1.74 bits per heavy atom. The molecule has 1 atom stereocenters. The van der Waals surface area contributed by atoms with E-state index >= 15 is 0 Å². The van der Waals surface area contributed by atoms with Gasteiger partial charge in [0.15, 0.2) is 0 Å². The van der Waals surface area contributed by atoms with Crippen LogP contribution in [0.5, 0.6) is 11.5 Å². The average molecular weight is 474 g/mol. The van der Waals surface area contributed by atoms with Gasteiger partial charge in [0.25, 0.3) is 0 Å². The molecule has 0 bridgehead atoms. The van der Waals surface area contributed by atoms with Gasteiger partial charge >= 0.3 is 5.97 Å². The van der Waals surface area contributed by atoms with E-state index in [-0.39, 0.29) is 18.4 Å². The molecular formula is C29H31NO5. The van der Waals surface area contributed by atoms with Gasteiger partial charge in [-0.3, -0.25) is 4.90 Å². The zero-order chi connectivity index (χ0) is 24.5. The average Bonchev–Trinajstić information content (AvgIpc) is 3.24. The van der Waals surface area contributed by atoms with Gasteiger partial charge in [-0.1, -0.05) is 42.8 Å². The van der Waals surface area contributed by atoms with Crippen molar-refractivity contribution >= 4 is 27.7 Å². The van der Waals surface area contributed by atoms with Crippen molar-refractivity contribution in [2.24, 2.45) is 0 Å². The topological polar surface area (TPSA) is 72.1 Å². The van der Waals surface area contributed by atoms with Crippen molar-refractivity contribution in [3.63, 3.8) is 0 Å². The number of hydrogen-bond acceptors (Lipinski definition) is 6. The number of fused-ring (bicyclic) bond motifs is 3. The van der Waals surface area contributed by atoms with Gasteiger partial charge in [-0.25, -0.2) is 4.79 Å². The summed E-state index contributed by atoms with van der Waals surface area (Å²) in [5.41, 5.74) is 2.69. The van der Waals surface area contributed by atoms with Crippen LogP contribution in [0.3, 0.4) is 0 Å². The van der Waals surface area contributed by atoms with Crippen LogP contribution in [0.25, 0.3) is 21.7 Å². The third-order valence-electron chi connectivity index (χ3n) is 6.98. The van der Waals surface area contributed by atoms with Gasteiger partial charge in [-0.15, -0.1) is 0 Å². The molecule has 0 spiro atoms. The van der Waals surface area contributed by atoms with Crippen LogP contribution in [0.4, 0.5) is 0 Å². The van der Waals surface area contributed by atoms with Crippen molar-refractivity contribution in [1.29, 1.82) is 0 Å². The van der Waals surface area contributed by atoms with Crippen LogP contribution in [-0.4, -0.2) is 42.8 Å². The molecule has 4 aromatic rings. The van der Waals surface area contributed by atoms with Crippen molar-refractivity contribution < 1.29 is 23.8 Å². The minimum Gasteiger partial charge on any atom is -0.507 e. The molecule has 1 N–H and O–H groups in total. The highest BCUT2D eigenvalue weighted by Crippen LogP contribution is 2.48. The maximum absolute atomic E-state index is 13.2. The number of methoxy groups -OCH3 is 1. The fraction of sp³-hybridized carbons (Fsp3) is 0.345. The highest BCUT2D eigenvalue weighted by atomic mass is 16.5. The second-order valence-corrected chi connectivity index (χ2v) is 9.04. The maximum Gasteiger partial charge on any atom is 0.342 e. The number of phenolic OH excluding ortho intramolecular Hbond substituents is 1. The number of phenols is 1. The van der Waals surface area contributed by atoms with Crippen LogP contribution in [-0.2, 0) is 4.74 Å². The molecule has 0 saturated carbocycles. The molecule has 0 amide bonds. The van der Waals surface area contributed by atoms with Crippen molar-refractivity contribution in [1.82, 2.24) is 4.90 Å². The summed E-state index contributed by atoms with van der Waals surface area (Å²) in [4.78, 5) is 15.6. The number of aromatic hydroxyl groups is 1. The van der Waals surface area contributed by atoms with Gasteiger partial charge in [-0.2, -0.15) is 0 Å². The van der Waals surface area contributed by atoms with Crippen molar-refractivity contribution in [3.05, 3.63) is 71.0 Å². The Morgan fingerprint density at radius 1 is 1.06 bits per heavy atom. The first-order valence-corrected chi connectivity index (χ1v) is 12.3. The second-order valence-electron chi connectivity index (χ2n) is 9.04. The van der Waals surface area contributed by atoms with E-state index in [1.54, 1.807) is 21.0 Å². The Balaban J connectivity index is 1.87. The summed E-state index contributed by atoms with van der Waals surface area (Å²) in [5.74, 6) is 0.991. The molecule has 5 rings (SSSR count). The van der Waals surface area contributed by atoms with E-state index in [0.29, 0.717) is 33.2 Å². The Kier molecular flexibility index (Phi) is 6.39. The molecule has 1 aliphatic rings. The first-order chi connectivity index (χ1) is 17.0. The van der Waals surface area contributed by atoms with Crippen LogP contribution in [0.15, 0.2) is 52.9 Å². The number of ether oxygens (including phenoxy) is 2. The lowest BCUT2D eigenvalue weighted by Gasteiger charge is -2.36. The van der Waals surface area contributed by atoms with E-state index in [4.69, 9.17) is 13.9 Å². The minimum absolute atomic E-state index is 0.172. The quantitative estimate of drug-likeness (QED) is 0.329. The SMILES string of the molecule is CCOC(=O)c1c(C)oc2c1c([C@H](c1ccc(OC)cc1)N1CCCCC1)c(O)c1ccccc12. The number of carbonyl (C=O) groups is 1. The van der Waals surface area contributed by atoms with E-state index in [0.717, 1.165) is 42.6 Å². The molecule has 0 radical (unpaired) electrons. The monoisotopic (exact) mass is 473 g/mol. The van der Waals surface area contributed by atoms with Gasteiger partial charge in [-0.05, 0) is 57.5 Å². The van der Waals surface area contributed by atoms with Crippen LogP contribution >= 0.6 is 0 Å². The molecule has 6 heteroatoms. The molecule has 2 heterocycles. The number of nitrogens with zero attached hydrogens (tertiary/aromatic N) is 1. The summed E-state index contributed by atoms with van der Waals surface area (Å²) in [7, 11) is 1.65. The number of esters is 1. The van der Waals surface area contributed by atoms with Crippen LogP contribution in [0, 0.1) is 6.92 Å². The molecule has 0 aliphatic carbocycles. The van der Waals surface area contributed by atoms with Crippen molar-refractivity contribution in [2.75, 3.05) is 26.8 Å². The summed E-state index contributed by atoms with van der Waals surface area (Å²) >= 11 is 0. The number of likely N-dealkylation sites (tertiary alicyclic amines) is 1. The standard InChI is InChI=1S/C29H31NO5/c1-4-34-29(32)23-18(2)35-28-22-11-7-6-10-21(22)27(31)25(24(23)28)26(30-16-8-5-9-17-30)19-12-14-20(33-3)15-13-19/h6-7,10-15,26,31H,4-5,8-9,16-17H2,1-3H3/t26-/m0/s1. The van der Waals surface area contributed by atoms with E-state index in [1.807, 2.05) is 48.5 Å². The molecule has 1 saturated heterocycles. The molecule has 6 nitrogen and oxygen atoms in total. The molecule has 1 fully saturated rings. The summed E-state index contributed by atoms with van der Waals surface area (Å²) in [6.07, 6.45) is 3.35. The van der Waals surface area contributed by atoms with Crippen LogP contribution in [0.2, 0.25) is 0 Å². The third-order valence-corrected chi connectivity index (χ3v) is 6.98. The van der Waals surface area contributed by atoms with E-state index < -0.39 is 5.97 Å². The van der Waals surface area contributed by atoms with E-state index in [9.17, 15) is 9.90 Å². The highest BCUT2D eigenvalue weighted by molar-refractivity contribution is 6.16. The minimum atomic E-state index is -0.438. The predicted octanol–water partition coefficient (Wildman–Crippen LogP) is 6.36. The smallest absolute Gasteiger partial charge is 0.342 e. The molecular weight excluding hydrogens is 442 g/mol. The summed E-state index contributed by atoms with van der Waals surface area (Å²) in [5, 5.41) is 13.9. The lowest BCUT2D eigenvalue weighted by atomic mass is 9.88. The van der Waals surface area contributed by atoms with Crippen LogP contribution in [0.1, 0.15) is 59.5 Å². The molecule has 3 aromatic carbocycles. The van der Waals surface area contributed by atoms with Gasteiger partial charge < -0.3 is 19.0 Å². The Labute approximate surface area is 205 Å². The number of hydrogen-bond donors (Lipinski definition) is 1. The molecule has 1 aliphatic heterocycles. The van der Waals surface area contributed by atoms with Gasteiger partial charge in [0.05, 0.1) is 19.8 Å². The number of benzene rings is 3. The number of rotatable bonds is 6. The fourth-order valence-corrected chi connectivity index (χ4v) is 5.38. The largest absolute Gasteiger partial charge is 0.507 e. The number of furan rings is 1. The number of carbonyl (C=O) groups excluding carboxylic acids is 1. The third kappa shape index (κ3) is 4.02. The van der Waals surface area contributed by atoms with E-state index in [2.05, 4.69) is 4.90 Å². The molecule has 182 valence electrons. The molecule has 1 aromatic heterocycles. The number of piperidine rings is 1. The summed E-state index contributed by atoms with van der Waals surface area (Å²) < 4.78 is 17.1. The van der Waals surface area contributed by atoms with E-state index in [1.165, 1.54) is 6.42 Å². The fourth-order valence-electron chi connectivity index (χ4n) is 5.38.